The SMILES string of the molecule is Cc1cnc(Oc2ccc(F)cc2N)nc1. The fourth-order valence-electron chi connectivity index (χ4n) is 1.14. The van der Waals surface area contributed by atoms with Crippen LogP contribution in [-0.2, 0) is 0 Å². The summed E-state index contributed by atoms with van der Waals surface area (Å²) in [5.74, 6) is -0.0695. The van der Waals surface area contributed by atoms with Gasteiger partial charge in [0.05, 0.1) is 5.69 Å². The van der Waals surface area contributed by atoms with Crippen molar-refractivity contribution >= 4 is 5.69 Å². The molecule has 0 spiro atoms. The Balaban J connectivity index is 2.23. The van der Waals surface area contributed by atoms with E-state index in [9.17, 15) is 4.39 Å². The van der Waals surface area contributed by atoms with Crippen LogP contribution >= 0.6 is 0 Å². The summed E-state index contributed by atoms with van der Waals surface area (Å²) >= 11 is 0. The standard InChI is InChI=1S/C11H10FN3O/c1-7-5-14-11(15-6-7)16-10-3-2-8(12)4-9(10)13/h2-6H,13H2,1H3. The van der Waals surface area contributed by atoms with E-state index in [2.05, 4.69) is 9.97 Å². The van der Waals surface area contributed by atoms with Gasteiger partial charge in [-0.2, -0.15) is 0 Å². The first-order chi connectivity index (χ1) is 7.65. The van der Waals surface area contributed by atoms with Gasteiger partial charge in [-0.1, -0.05) is 0 Å². The van der Waals surface area contributed by atoms with Crippen molar-refractivity contribution in [2.24, 2.45) is 0 Å². The third-order valence-electron chi connectivity index (χ3n) is 1.93. The quantitative estimate of drug-likeness (QED) is 0.787. The van der Waals surface area contributed by atoms with Gasteiger partial charge in [-0.05, 0) is 24.6 Å². The van der Waals surface area contributed by atoms with Gasteiger partial charge in [0, 0.05) is 18.5 Å². The van der Waals surface area contributed by atoms with Crippen LogP contribution in [0.1, 0.15) is 5.56 Å². The fourth-order valence-corrected chi connectivity index (χ4v) is 1.14. The first-order valence-corrected chi connectivity index (χ1v) is 4.66. The summed E-state index contributed by atoms with van der Waals surface area (Å²) < 4.78 is 18.1. The average molecular weight is 219 g/mol. The number of aryl methyl sites for hydroxylation is 1. The topological polar surface area (TPSA) is 61.0 Å². The van der Waals surface area contributed by atoms with E-state index in [1.807, 2.05) is 6.92 Å². The van der Waals surface area contributed by atoms with E-state index in [1.54, 1.807) is 12.4 Å². The maximum Gasteiger partial charge on any atom is 0.321 e. The molecule has 0 aliphatic carbocycles. The number of nitrogen functional groups attached to an aromatic ring is 1. The summed E-state index contributed by atoms with van der Waals surface area (Å²) in [6.07, 6.45) is 3.25. The molecule has 2 rings (SSSR count). The zero-order chi connectivity index (χ0) is 11.5. The van der Waals surface area contributed by atoms with E-state index in [0.717, 1.165) is 5.56 Å². The molecule has 5 heteroatoms. The molecule has 0 bridgehead atoms. The van der Waals surface area contributed by atoms with Gasteiger partial charge < -0.3 is 10.5 Å². The van der Waals surface area contributed by atoms with Gasteiger partial charge >= 0.3 is 6.01 Å². The van der Waals surface area contributed by atoms with Crippen LogP contribution in [0.4, 0.5) is 10.1 Å². The number of ether oxygens (including phenoxy) is 1. The molecule has 2 aromatic rings. The Kier molecular flexibility index (Phi) is 2.68. The molecular weight excluding hydrogens is 209 g/mol. The third-order valence-corrected chi connectivity index (χ3v) is 1.93. The van der Waals surface area contributed by atoms with Gasteiger partial charge in [-0.3, -0.25) is 0 Å². The normalized spacial score (nSPS) is 10.1. The number of nitrogens with two attached hydrogens (primary N) is 1. The maximum absolute atomic E-state index is 12.8. The number of hydrogen-bond acceptors (Lipinski definition) is 4. The molecule has 0 fully saturated rings. The molecule has 2 N–H and O–H groups in total. The minimum atomic E-state index is -0.408. The summed E-state index contributed by atoms with van der Waals surface area (Å²) in [5.41, 5.74) is 6.72. The van der Waals surface area contributed by atoms with Crippen molar-refractivity contribution in [1.29, 1.82) is 0 Å². The van der Waals surface area contributed by atoms with Crippen LogP contribution in [0.25, 0.3) is 0 Å². The van der Waals surface area contributed by atoms with Gasteiger partial charge in [-0.25, -0.2) is 14.4 Å². The Bertz CT molecular complexity index is 499. The van der Waals surface area contributed by atoms with Gasteiger partial charge in [0.1, 0.15) is 5.82 Å². The van der Waals surface area contributed by atoms with Crippen LogP contribution in [0.3, 0.4) is 0 Å². The minimum absolute atomic E-state index is 0.184. The highest BCUT2D eigenvalue weighted by Gasteiger charge is 2.04. The molecule has 1 heterocycles. The van der Waals surface area contributed by atoms with E-state index in [-0.39, 0.29) is 11.7 Å². The van der Waals surface area contributed by atoms with Gasteiger partial charge in [0.15, 0.2) is 5.75 Å². The second-order valence-electron chi connectivity index (χ2n) is 3.33. The maximum atomic E-state index is 12.8. The Morgan fingerprint density at radius 3 is 2.56 bits per heavy atom. The minimum Gasteiger partial charge on any atom is -0.422 e. The molecule has 1 aromatic carbocycles. The number of anilines is 1. The van der Waals surface area contributed by atoms with Crippen LogP contribution < -0.4 is 10.5 Å². The number of benzene rings is 1. The second kappa shape index (κ2) is 4.14. The fraction of sp³-hybridized carbons (Fsp3) is 0.0909. The largest absolute Gasteiger partial charge is 0.422 e. The molecule has 0 atom stereocenters. The molecule has 16 heavy (non-hydrogen) atoms. The highest BCUT2D eigenvalue weighted by molar-refractivity contribution is 5.53. The van der Waals surface area contributed by atoms with E-state index >= 15 is 0 Å². The molecule has 0 unspecified atom stereocenters. The van der Waals surface area contributed by atoms with Crippen molar-refractivity contribution in [3.63, 3.8) is 0 Å². The van der Waals surface area contributed by atoms with E-state index in [0.29, 0.717) is 5.75 Å². The Hall–Kier alpha value is -2.17. The Morgan fingerprint density at radius 1 is 1.25 bits per heavy atom. The molecule has 0 saturated carbocycles. The van der Waals surface area contributed by atoms with Crippen molar-refractivity contribution in [1.82, 2.24) is 9.97 Å². The Morgan fingerprint density at radius 2 is 1.94 bits per heavy atom. The lowest BCUT2D eigenvalue weighted by Gasteiger charge is -2.06. The molecule has 0 saturated heterocycles. The van der Waals surface area contributed by atoms with Crippen LogP contribution in [-0.4, -0.2) is 9.97 Å². The lowest BCUT2D eigenvalue weighted by atomic mass is 10.3. The van der Waals surface area contributed by atoms with Crippen molar-refractivity contribution in [3.05, 3.63) is 42.0 Å². The lowest BCUT2D eigenvalue weighted by Crippen LogP contribution is -1.96. The summed E-state index contributed by atoms with van der Waals surface area (Å²) in [4.78, 5) is 7.91. The number of aromatic nitrogens is 2. The highest BCUT2D eigenvalue weighted by atomic mass is 19.1. The number of rotatable bonds is 2. The summed E-state index contributed by atoms with van der Waals surface area (Å²) in [5, 5.41) is 0. The molecule has 0 amide bonds. The van der Waals surface area contributed by atoms with E-state index in [4.69, 9.17) is 10.5 Å². The molecule has 1 aromatic heterocycles. The third kappa shape index (κ3) is 2.25. The van der Waals surface area contributed by atoms with E-state index in [1.165, 1.54) is 18.2 Å². The first kappa shape index (κ1) is 10.4. The number of halogens is 1. The second-order valence-corrected chi connectivity index (χ2v) is 3.33. The average Bonchev–Trinajstić information content (AvgIpc) is 2.25. The molecule has 0 radical (unpaired) electrons. The van der Waals surface area contributed by atoms with Crippen molar-refractivity contribution < 1.29 is 9.13 Å². The number of nitrogens with zero attached hydrogens (tertiary/aromatic N) is 2. The van der Waals surface area contributed by atoms with E-state index < -0.39 is 5.82 Å². The summed E-state index contributed by atoms with van der Waals surface area (Å²) in [7, 11) is 0. The monoisotopic (exact) mass is 219 g/mol. The molecular formula is C11H10FN3O. The zero-order valence-corrected chi connectivity index (χ0v) is 8.64. The smallest absolute Gasteiger partial charge is 0.321 e. The lowest BCUT2D eigenvalue weighted by molar-refractivity contribution is 0.442. The van der Waals surface area contributed by atoms with Crippen LogP contribution in [0.5, 0.6) is 11.8 Å². The predicted octanol–water partition coefficient (Wildman–Crippen LogP) is 2.30. The van der Waals surface area contributed by atoms with Crippen molar-refractivity contribution in [2.75, 3.05) is 5.73 Å². The molecule has 82 valence electrons. The molecule has 0 aliphatic heterocycles. The van der Waals surface area contributed by atoms with Crippen molar-refractivity contribution in [2.45, 2.75) is 6.92 Å². The summed E-state index contributed by atoms with van der Waals surface area (Å²) in [6, 6.07) is 4.07. The van der Waals surface area contributed by atoms with Gasteiger partial charge in [0.2, 0.25) is 0 Å². The predicted molar refractivity (Wildman–Crippen MR) is 57.7 cm³/mol. The first-order valence-electron chi connectivity index (χ1n) is 4.66. The highest BCUT2D eigenvalue weighted by Crippen LogP contribution is 2.25. The van der Waals surface area contributed by atoms with Crippen LogP contribution in [0.2, 0.25) is 0 Å². The number of hydrogen-bond donors (Lipinski definition) is 1. The molecule has 4 nitrogen and oxygen atoms in total. The Labute approximate surface area is 91.9 Å². The van der Waals surface area contributed by atoms with Gasteiger partial charge in [-0.15, -0.1) is 0 Å². The zero-order valence-electron chi connectivity index (χ0n) is 8.64. The van der Waals surface area contributed by atoms with Crippen molar-refractivity contribution in [3.8, 4) is 11.8 Å². The van der Waals surface area contributed by atoms with Crippen LogP contribution in [0.15, 0.2) is 30.6 Å². The van der Waals surface area contributed by atoms with Gasteiger partial charge in [0.25, 0.3) is 0 Å². The summed E-state index contributed by atoms with van der Waals surface area (Å²) in [6.45, 7) is 1.87. The molecule has 0 aliphatic rings. The van der Waals surface area contributed by atoms with Crippen LogP contribution in [0, 0.1) is 12.7 Å².